The van der Waals surface area contributed by atoms with E-state index in [9.17, 15) is 13.2 Å². The van der Waals surface area contributed by atoms with Crippen molar-refractivity contribution in [3.05, 3.63) is 53.8 Å². The summed E-state index contributed by atoms with van der Waals surface area (Å²) in [5.74, 6) is 0.909. The van der Waals surface area contributed by atoms with Crippen LogP contribution in [0.25, 0.3) is 0 Å². The number of carbonyl (C=O) groups excluding carboxylic acids is 1. The maximum atomic E-state index is 13.1. The molecule has 1 aromatic carbocycles. The third-order valence-electron chi connectivity index (χ3n) is 5.62. The van der Waals surface area contributed by atoms with Crippen molar-refractivity contribution >= 4 is 21.8 Å². The van der Waals surface area contributed by atoms with Crippen molar-refractivity contribution in [3.8, 4) is 5.75 Å². The van der Waals surface area contributed by atoms with Gasteiger partial charge in [-0.05, 0) is 36.3 Å². The number of sulfonamides is 1. The predicted molar refractivity (Wildman–Crippen MR) is 115 cm³/mol. The molecule has 9 heteroatoms. The van der Waals surface area contributed by atoms with Gasteiger partial charge in [0.1, 0.15) is 5.75 Å². The molecule has 1 aromatic rings. The number of piperazine rings is 1. The fourth-order valence-corrected chi connectivity index (χ4v) is 4.79. The second-order valence-corrected chi connectivity index (χ2v) is 9.30. The molecule has 0 atom stereocenters. The van der Waals surface area contributed by atoms with Gasteiger partial charge in [-0.15, -0.1) is 4.40 Å². The third-order valence-corrected chi connectivity index (χ3v) is 6.77. The van der Waals surface area contributed by atoms with Crippen molar-refractivity contribution in [2.75, 3.05) is 52.1 Å². The molecule has 0 aliphatic carbocycles. The first-order valence-electron chi connectivity index (χ1n) is 10.1. The summed E-state index contributed by atoms with van der Waals surface area (Å²) in [5, 5.41) is 0. The smallest absolute Gasteiger partial charge is 0.257 e. The summed E-state index contributed by atoms with van der Waals surface area (Å²) >= 11 is 0. The van der Waals surface area contributed by atoms with Crippen molar-refractivity contribution < 1.29 is 17.9 Å². The van der Waals surface area contributed by atoms with Crippen molar-refractivity contribution in [3.63, 3.8) is 0 Å². The van der Waals surface area contributed by atoms with Crippen molar-refractivity contribution in [2.24, 2.45) is 4.40 Å². The molecule has 1 fully saturated rings. The van der Waals surface area contributed by atoms with E-state index in [1.54, 1.807) is 35.3 Å². The van der Waals surface area contributed by atoms with Gasteiger partial charge in [0.2, 0.25) is 0 Å². The van der Waals surface area contributed by atoms with Crippen LogP contribution in [0.2, 0.25) is 0 Å². The molecule has 30 heavy (non-hydrogen) atoms. The van der Waals surface area contributed by atoms with Gasteiger partial charge < -0.3 is 14.5 Å². The standard InChI is InChI=1S/C21H26N4O4S/c1-29-18-6-4-17(5-7-18)8-10-23-11-13-25(14-12-23)21(26)19-3-2-9-24-15-16-30(27,28)22-20(19)24/h2-7,9H,8,10-16H2,1H3. The van der Waals surface area contributed by atoms with Crippen LogP contribution >= 0.6 is 0 Å². The zero-order chi connectivity index (χ0) is 21.1. The topological polar surface area (TPSA) is 82.5 Å². The Kier molecular flexibility index (Phi) is 5.92. The first kappa shape index (κ1) is 20.6. The lowest BCUT2D eigenvalue weighted by atomic mass is 10.1. The van der Waals surface area contributed by atoms with Crippen LogP contribution < -0.4 is 4.74 Å². The number of hydrogen-bond donors (Lipinski definition) is 0. The summed E-state index contributed by atoms with van der Waals surface area (Å²) in [6, 6.07) is 8.09. The maximum absolute atomic E-state index is 13.1. The van der Waals surface area contributed by atoms with Crippen molar-refractivity contribution in [1.82, 2.24) is 14.7 Å². The number of methoxy groups -OCH3 is 1. The minimum Gasteiger partial charge on any atom is -0.497 e. The summed E-state index contributed by atoms with van der Waals surface area (Å²) in [7, 11) is -1.85. The Morgan fingerprint density at radius 3 is 2.53 bits per heavy atom. The molecular formula is C21H26N4O4S. The Labute approximate surface area is 177 Å². The third kappa shape index (κ3) is 4.57. The first-order chi connectivity index (χ1) is 14.4. The van der Waals surface area contributed by atoms with Crippen LogP contribution in [0.3, 0.4) is 0 Å². The maximum Gasteiger partial charge on any atom is 0.257 e. The Bertz CT molecular complexity index is 990. The van der Waals surface area contributed by atoms with E-state index in [1.165, 1.54) is 5.56 Å². The van der Waals surface area contributed by atoms with E-state index in [4.69, 9.17) is 4.74 Å². The number of amides is 1. The van der Waals surface area contributed by atoms with Crippen LogP contribution in [0.1, 0.15) is 5.56 Å². The number of carbonyl (C=O) groups is 1. The van der Waals surface area contributed by atoms with Gasteiger partial charge in [-0.2, -0.15) is 0 Å². The fraction of sp³-hybridized carbons (Fsp3) is 0.429. The van der Waals surface area contributed by atoms with Gasteiger partial charge in [-0.3, -0.25) is 9.69 Å². The summed E-state index contributed by atoms with van der Waals surface area (Å²) in [6.07, 6.45) is 6.14. The van der Waals surface area contributed by atoms with E-state index in [2.05, 4.69) is 21.4 Å². The molecule has 160 valence electrons. The SMILES string of the molecule is COc1ccc(CCN2CCN(C(=O)C3=CC=CN4CCS(=O)(=O)N=C34)CC2)cc1. The largest absolute Gasteiger partial charge is 0.497 e. The van der Waals surface area contributed by atoms with Crippen molar-refractivity contribution in [1.29, 1.82) is 0 Å². The molecule has 0 bridgehead atoms. The minimum absolute atomic E-state index is 0.0326. The highest BCUT2D eigenvalue weighted by atomic mass is 32.2. The van der Waals surface area contributed by atoms with Crippen LogP contribution in [0.4, 0.5) is 0 Å². The number of rotatable bonds is 5. The lowest BCUT2D eigenvalue weighted by molar-refractivity contribution is -0.128. The summed E-state index contributed by atoms with van der Waals surface area (Å²) in [5.41, 5.74) is 1.61. The van der Waals surface area contributed by atoms with Gasteiger partial charge in [0.25, 0.3) is 15.9 Å². The highest BCUT2D eigenvalue weighted by molar-refractivity contribution is 7.90. The quantitative estimate of drug-likeness (QED) is 0.690. The predicted octanol–water partition coefficient (Wildman–Crippen LogP) is 0.880. The first-order valence-corrected chi connectivity index (χ1v) is 11.7. The Morgan fingerprint density at radius 1 is 1.10 bits per heavy atom. The molecule has 4 rings (SSSR count). The van der Waals surface area contributed by atoms with Crippen LogP contribution in [0, 0.1) is 0 Å². The highest BCUT2D eigenvalue weighted by Crippen LogP contribution is 2.20. The van der Waals surface area contributed by atoms with E-state index < -0.39 is 10.0 Å². The molecule has 0 N–H and O–H groups in total. The molecule has 3 heterocycles. The normalized spacial score (nSPS) is 21.0. The van der Waals surface area contributed by atoms with Gasteiger partial charge in [-0.25, -0.2) is 8.42 Å². The molecule has 0 aromatic heterocycles. The summed E-state index contributed by atoms with van der Waals surface area (Å²) in [4.78, 5) is 18.9. The van der Waals surface area contributed by atoms with Gasteiger partial charge in [-0.1, -0.05) is 12.1 Å². The van der Waals surface area contributed by atoms with Gasteiger partial charge in [0.15, 0.2) is 5.84 Å². The van der Waals surface area contributed by atoms with E-state index in [1.807, 2.05) is 12.1 Å². The van der Waals surface area contributed by atoms with Gasteiger partial charge in [0.05, 0.1) is 18.4 Å². The second-order valence-electron chi connectivity index (χ2n) is 7.55. The Balaban J connectivity index is 1.33. The molecular weight excluding hydrogens is 404 g/mol. The number of ether oxygens (including phenoxy) is 1. The Morgan fingerprint density at radius 2 is 1.83 bits per heavy atom. The van der Waals surface area contributed by atoms with Gasteiger partial charge in [0, 0.05) is 45.5 Å². The molecule has 0 spiro atoms. The zero-order valence-electron chi connectivity index (χ0n) is 17.0. The van der Waals surface area contributed by atoms with E-state index in [-0.39, 0.29) is 17.5 Å². The average Bonchev–Trinajstić information content (AvgIpc) is 2.77. The number of amidine groups is 1. The van der Waals surface area contributed by atoms with Crippen LogP contribution in [0.5, 0.6) is 5.75 Å². The monoisotopic (exact) mass is 430 g/mol. The zero-order valence-corrected chi connectivity index (χ0v) is 17.8. The number of hydrogen-bond acceptors (Lipinski definition) is 6. The van der Waals surface area contributed by atoms with Crippen LogP contribution in [-0.2, 0) is 21.2 Å². The minimum atomic E-state index is -3.51. The second kappa shape index (κ2) is 8.61. The van der Waals surface area contributed by atoms with Crippen LogP contribution in [0.15, 0.2) is 52.6 Å². The molecule has 1 saturated heterocycles. The Hall–Kier alpha value is -2.65. The lowest BCUT2D eigenvalue weighted by Crippen LogP contribution is -2.51. The highest BCUT2D eigenvalue weighted by Gasteiger charge is 2.33. The summed E-state index contributed by atoms with van der Waals surface area (Å²) in [6.45, 7) is 4.06. The summed E-state index contributed by atoms with van der Waals surface area (Å²) < 4.78 is 32.9. The average molecular weight is 431 g/mol. The van der Waals surface area contributed by atoms with Gasteiger partial charge >= 0.3 is 0 Å². The number of allylic oxidation sites excluding steroid dienone is 2. The number of fused-ring (bicyclic) bond motifs is 1. The molecule has 0 unspecified atom stereocenters. The van der Waals surface area contributed by atoms with E-state index in [0.29, 0.717) is 25.2 Å². The number of benzene rings is 1. The van der Waals surface area contributed by atoms with Crippen LogP contribution in [-0.4, -0.2) is 87.0 Å². The fourth-order valence-electron chi connectivity index (χ4n) is 3.81. The lowest BCUT2D eigenvalue weighted by Gasteiger charge is -2.36. The van der Waals surface area contributed by atoms with E-state index >= 15 is 0 Å². The molecule has 1 amide bonds. The molecule has 8 nitrogen and oxygen atoms in total. The van der Waals surface area contributed by atoms with E-state index in [0.717, 1.165) is 31.8 Å². The number of nitrogens with zero attached hydrogens (tertiary/aromatic N) is 4. The van der Waals surface area contributed by atoms with Crippen molar-refractivity contribution in [2.45, 2.75) is 6.42 Å². The molecule has 3 aliphatic heterocycles. The molecule has 0 radical (unpaired) electrons. The molecule has 3 aliphatic rings. The molecule has 0 saturated carbocycles.